The van der Waals surface area contributed by atoms with Crippen molar-refractivity contribution in [3.8, 4) is 0 Å². The van der Waals surface area contributed by atoms with Crippen LogP contribution in [0.4, 0.5) is 0 Å². The summed E-state index contributed by atoms with van der Waals surface area (Å²) in [6.07, 6.45) is 13.7. The number of ether oxygens (including phenoxy) is 1. The van der Waals surface area contributed by atoms with Crippen LogP contribution >= 0.6 is 0 Å². The minimum absolute atomic E-state index is 0.461. The minimum Gasteiger partial charge on any atom is -0.378 e. The standard InChI is InChI=1S/C21H33N3O/c1-2-25-20-14-19(21(20)9-3-4-10-21)23-18-7-12-24(13-8-18)16-17-6-5-11-22-15-17/h5-6,11,15,18-20,23H,2-4,7-10,12-14,16H2,1H3/t19-,20+/m1/s1. The summed E-state index contributed by atoms with van der Waals surface area (Å²) in [4.78, 5) is 6.81. The first kappa shape index (κ1) is 17.4. The molecule has 25 heavy (non-hydrogen) atoms. The summed E-state index contributed by atoms with van der Waals surface area (Å²) in [5.41, 5.74) is 1.79. The van der Waals surface area contributed by atoms with Crippen molar-refractivity contribution in [3.05, 3.63) is 30.1 Å². The van der Waals surface area contributed by atoms with E-state index in [1.165, 1.54) is 63.6 Å². The van der Waals surface area contributed by atoms with Crippen molar-refractivity contribution in [1.82, 2.24) is 15.2 Å². The van der Waals surface area contributed by atoms with E-state index in [-0.39, 0.29) is 0 Å². The molecule has 2 heterocycles. The molecule has 4 heteroatoms. The quantitative estimate of drug-likeness (QED) is 0.859. The summed E-state index contributed by atoms with van der Waals surface area (Å²) in [7, 11) is 0. The molecule has 0 aromatic carbocycles. The molecule has 1 saturated heterocycles. The lowest BCUT2D eigenvalue weighted by Gasteiger charge is -2.55. The molecule has 2 aliphatic carbocycles. The van der Waals surface area contributed by atoms with Gasteiger partial charge in [-0.25, -0.2) is 0 Å². The van der Waals surface area contributed by atoms with E-state index in [2.05, 4.69) is 28.2 Å². The van der Waals surface area contributed by atoms with Gasteiger partial charge in [0.25, 0.3) is 0 Å². The molecular weight excluding hydrogens is 310 g/mol. The summed E-state index contributed by atoms with van der Waals surface area (Å²) in [5.74, 6) is 0. The average Bonchev–Trinajstić information content (AvgIpc) is 3.16. The van der Waals surface area contributed by atoms with Crippen molar-refractivity contribution in [1.29, 1.82) is 0 Å². The zero-order valence-electron chi connectivity index (χ0n) is 15.6. The van der Waals surface area contributed by atoms with Crippen LogP contribution in [0.25, 0.3) is 0 Å². The molecule has 1 aliphatic heterocycles. The first-order chi connectivity index (χ1) is 12.3. The molecule has 2 saturated carbocycles. The van der Waals surface area contributed by atoms with Gasteiger partial charge >= 0.3 is 0 Å². The van der Waals surface area contributed by atoms with Crippen LogP contribution < -0.4 is 5.32 Å². The number of pyridine rings is 1. The predicted octanol–water partition coefficient (Wildman–Crippen LogP) is 3.37. The van der Waals surface area contributed by atoms with Crippen molar-refractivity contribution in [2.24, 2.45) is 5.41 Å². The topological polar surface area (TPSA) is 37.4 Å². The lowest BCUT2D eigenvalue weighted by molar-refractivity contribution is -0.133. The van der Waals surface area contributed by atoms with E-state index >= 15 is 0 Å². The molecule has 1 aromatic rings. The van der Waals surface area contributed by atoms with Crippen LogP contribution in [-0.4, -0.2) is 47.8 Å². The number of rotatable bonds is 6. The predicted molar refractivity (Wildman–Crippen MR) is 100 cm³/mol. The number of hydrogen-bond acceptors (Lipinski definition) is 4. The lowest BCUT2D eigenvalue weighted by Crippen LogP contribution is -2.65. The highest BCUT2D eigenvalue weighted by Crippen LogP contribution is 2.55. The third-order valence-electron chi connectivity index (χ3n) is 6.84. The van der Waals surface area contributed by atoms with Crippen molar-refractivity contribution in [2.75, 3.05) is 19.7 Å². The van der Waals surface area contributed by atoms with Gasteiger partial charge in [0.2, 0.25) is 0 Å². The number of hydrogen-bond donors (Lipinski definition) is 1. The Morgan fingerprint density at radius 1 is 1.28 bits per heavy atom. The van der Waals surface area contributed by atoms with Crippen LogP contribution in [0.3, 0.4) is 0 Å². The van der Waals surface area contributed by atoms with Crippen LogP contribution in [0.5, 0.6) is 0 Å². The van der Waals surface area contributed by atoms with Crippen LogP contribution in [-0.2, 0) is 11.3 Å². The first-order valence-electron chi connectivity index (χ1n) is 10.3. The summed E-state index contributed by atoms with van der Waals surface area (Å²) in [6, 6.07) is 5.61. The second kappa shape index (κ2) is 7.73. The third kappa shape index (κ3) is 3.62. The smallest absolute Gasteiger partial charge is 0.0661 e. The van der Waals surface area contributed by atoms with Gasteiger partial charge in [-0.15, -0.1) is 0 Å². The largest absolute Gasteiger partial charge is 0.378 e. The second-order valence-electron chi connectivity index (χ2n) is 8.25. The van der Waals surface area contributed by atoms with Crippen molar-refractivity contribution >= 4 is 0 Å². The third-order valence-corrected chi connectivity index (χ3v) is 6.84. The fraction of sp³-hybridized carbons (Fsp3) is 0.762. The average molecular weight is 344 g/mol. The van der Waals surface area contributed by atoms with Gasteiger partial charge in [-0.1, -0.05) is 18.9 Å². The molecule has 138 valence electrons. The molecule has 1 spiro atoms. The zero-order valence-corrected chi connectivity index (χ0v) is 15.6. The van der Waals surface area contributed by atoms with Crippen molar-refractivity contribution in [2.45, 2.75) is 76.6 Å². The molecule has 0 amide bonds. The highest BCUT2D eigenvalue weighted by molar-refractivity contribution is 5.11. The number of aromatic nitrogens is 1. The second-order valence-corrected chi connectivity index (χ2v) is 8.25. The summed E-state index contributed by atoms with van der Waals surface area (Å²) in [5, 5.41) is 4.04. The normalized spacial score (nSPS) is 29.8. The van der Waals surface area contributed by atoms with E-state index in [0.29, 0.717) is 23.6 Å². The van der Waals surface area contributed by atoms with E-state index in [4.69, 9.17) is 4.74 Å². The lowest BCUT2D eigenvalue weighted by atomic mass is 9.60. The van der Waals surface area contributed by atoms with Crippen LogP contribution in [0.1, 0.15) is 57.4 Å². The Morgan fingerprint density at radius 2 is 2.08 bits per heavy atom. The number of likely N-dealkylation sites (tertiary alicyclic amines) is 1. The highest BCUT2D eigenvalue weighted by Gasteiger charge is 2.56. The number of nitrogens with one attached hydrogen (secondary N) is 1. The van der Waals surface area contributed by atoms with Crippen LogP contribution in [0.15, 0.2) is 24.5 Å². The van der Waals surface area contributed by atoms with E-state index in [9.17, 15) is 0 Å². The maximum Gasteiger partial charge on any atom is 0.0661 e. The Kier molecular flexibility index (Phi) is 5.39. The van der Waals surface area contributed by atoms with Gasteiger partial charge in [0.05, 0.1) is 6.10 Å². The van der Waals surface area contributed by atoms with Gasteiger partial charge in [0.15, 0.2) is 0 Å². The fourth-order valence-electron chi connectivity index (χ4n) is 5.41. The Labute approximate surface area is 152 Å². The number of piperidine rings is 1. The minimum atomic E-state index is 0.461. The maximum absolute atomic E-state index is 6.06. The van der Waals surface area contributed by atoms with E-state index < -0.39 is 0 Å². The van der Waals surface area contributed by atoms with Gasteiger partial charge < -0.3 is 10.1 Å². The van der Waals surface area contributed by atoms with E-state index in [0.717, 1.165) is 13.2 Å². The Hall–Kier alpha value is -0.970. The van der Waals surface area contributed by atoms with Crippen LogP contribution in [0.2, 0.25) is 0 Å². The van der Waals surface area contributed by atoms with Gasteiger partial charge in [0.1, 0.15) is 0 Å². The zero-order chi connectivity index (χ0) is 17.1. The SMILES string of the molecule is CCO[C@H]1C[C@@H](NC2CCN(Cc3cccnc3)CC2)C12CCCC2. The fourth-order valence-corrected chi connectivity index (χ4v) is 5.41. The molecule has 1 aromatic heterocycles. The Bertz CT molecular complexity index is 535. The summed E-state index contributed by atoms with van der Waals surface area (Å²) < 4.78 is 6.06. The molecule has 3 aliphatic rings. The highest BCUT2D eigenvalue weighted by atomic mass is 16.5. The number of nitrogens with zero attached hydrogens (tertiary/aromatic N) is 2. The van der Waals surface area contributed by atoms with Gasteiger partial charge in [-0.2, -0.15) is 0 Å². The molecule has 3 fully saturated rings. The summed E-state index contributed by atoms with van der Waals surface area (Å²) >= 11 is 0. The monoisotopic (exact) mass is 343 g/mol. The molecule has 0 bridgehead atoms. The molecular formula is C21H33N3O. The summed E-state index contributed by atoms with van der Waals surface area (Å²) in [6.45, 7) is 6.44. The van der Waals surface area contributed by atoms with Gasteiger partial charge in [-0.05, 0) is 63.7 Å². The van der Waals surface area contributed by atoms with Gasteiger partial charge in [0, 0.05) is 43.0 Å². The molecule has 4 nitrogen and oxygen atoms in total. The maximum atomic E-state index is 6.06. The van der Waals surface area contributed by atoms with Crippen molar-refractivity contribution < 1.29 is 4.74 Å². The molecule has 1 N–H and O–H groups in total. The van der Waals surface area contributed by atoms with E-state index in [1.54, 1.807) is 0 Å². The molecule has 0 unspecified atom stereocenters. The van der Waals surface area contributed by atoms with Crippen molar-refractivity contribution in [3.63, 3.8) is 0 Å². The van der Waals surface area contributed by atoms with Crippen LogP contribution in [0, 0.1) is 5.41 Å². The van der Waals surface area contributed by atoms with E-state index in [1.807, 2.05) is 18.5 Å². The molecule has 4 rings (SSSR count). The first-order valence-corrected chi connectivity index (χ1v) is 10.3. The molecule has 0 radical (unpaired) electrons. The Morgan fingerprint density at radius 3 is 2.76 bits per heavy atom. The Balaban J connectivity index is 1.26. The van der Waals surface area contributed by atoms with Gasteiger partial charge in [-0.3, -0.25) is 9.88 Å². The molecule has 2 atom stereocenters.